The van der Waals surface area contributed by atoms with Crippen LogP contribution in [-0.2, 0) is 14.4 Å². The molecule has 0 radical (unpaired) electrons. The second-order valence-corrected chi connectivity index (χ2v) is 6.21. The maximum atomic E-state index is 12.5. The van der Waals surface area contributed by atoms with Gasteiger partial charge in [-0.1, -0.05) is 12.2 Å². The van der Waals surface area contributed by atoms with Gasteiger partial charge in [0.25, 0.3) is 11.8 Å². The third-order valence-electron chi connectivity index (χ3n) is 4.71. The van der Waals surface area contributed by atoms with Crippen LogP contribution >= 0.6 is 0 Å². The Hall–Kier alpha value is -2.90. The summed E-state index contributed by atoms with van der Waals surface area (Å²) in [4.78, 5) is 50.2. The molecule has 3 rings (SSSR count). The Morgan fingerprint density at radius 2 is 1.76 bits per heavy atom. The van der Waals surface area contributed by atoms with E-state index in [-0.39, 0.29) is 11.8 Å². The highest BCUT2D eigenvalue weighted by atomic mass is 16.3. The van der Waals surface area contributed by atoms with Gasteiger partial charge in [0.05, 0.1) is 23.7 Å². The topological polar surface area (TPSA) is 109 Å². The minimum Gasteiger partial charge on any atom is -0.469 e. The average molecular weight is 345 g/mol. The Morgan fingerprint density at radius 3 is 2.28 bits per heavy atom. The molecule has 8 heteroatoms. The van der Waals surface area contributed by atoms with E-state index < -0.39 is 29.7 Å². The first-order valence-corrected chi connectivity index (χ1v) is 8.08. The van der Waals surface area contributed by atoms with E-state index in [0.717, 1.165) is 4.90 Å². The van der Waals surface area contributed by atoms with E-state index in [1.165, 1.54) is 19.3 Å². The Labute approximate surface area is 144 Å². The molecule has 2 aliphatic rings. The molecule has 1 aliphatic heterocycles. The Bertz CT molecular complexity index is 740. The molecule has 1 aromatic heterocycles. The van der Waals surface area contributed by atoms with Gasteiger partial charge in [-0.05, 0) is 32.8 Å². The van der Waals surface area contributed by atoms with Crippen molar-refractivity contribution in [1.82, 2.24) is 15.8 Å². The number of carbonyl (C=O) groups excluding carboxylic acids is 4. The molecule has 25 heavy (non-hydrogen) atoms. The number of hydrazine groups is 1. The highest BCUT2D eigenvalue weighted by Gasteiger charge is 2.50. The number of nitrogens with one attached hydrogen (secondary N) is 2. The summed E-state index contributed by atoms with van der Waals surface area (Å²) in [5.74, 6) is -2.21. The number of rotatable bonds is 3. The first-order chi connectivity index (χ1) is 11.9. The summed E-state index contributed by atoms with van der Waals surface area (Å²) in [5.41, 5.74) is 4.81. The summed E-state index contributed by atoms with van der Waals surface area (Å²) in [7, 11) is 0. The van der Waals surface area contributed by atoms with Gasteiger partial charge in [-0.2, -0.15) is 0 Å². The molecule has 3 atom stereocenters. The molecule has 4 amide bonds. The van der Waals surface area contributed by atoms with Crippen molar-refractivity contribution < 1.29 is 23.6 Å². The lowest BCUT2D eigenvalue weighted by atomic mass is 9.85. The molecule has 0 aromatic carbocycles. The zero-order valence-electron chi connectivity index (χ0n) is 13.9. The molecule has 1 saturated heterocycles. The fourth-order valence-electron chi connectivity index (χ4n) is 3.24. The van der Waals surface area contributed by atoms with Crippen molar-refractivity contribution >= 4 is 23.6 Å². The number of aryl methyl sites for hydroxylation is 1. The number of carbonyl (C=O) groups is 4. The fourth-order valence-corrected chi connectivity index (χ4v) is 3.24. The molecule has 2 unspecified atom stereocenters. The lowest BCUT2D eigenvalue weighted by Gasteiger charge is -2.22. The zero-order valence-corrected chi connectivity index (χ0v) is 13.9. The summed E-state index contributed by atoms with van der Waals surface area (Å²) in [6, 6.07) is 0.474. The Morgan fingerprint density at radius 1 is 1.16 bits per heavy atom. The fraction of sp³-hybridized carbons (Fsp3) is 0.412. The van der Waals surface area contributed by atoms with Gasteiger partial charge in [-0.25, -0.2) is 0 Å². The van der Waals surface area contributed by atoms with E-state index in [9.17, 15) is 19.2 Å². The van der Waals surface area contributed by atoms with E-state index >= 15 is 0 Å². The van der Waals surface area contributed by atoms with Crippen molar-refractivity contribution in [2.75, 3.05) is 0 Å². The maximum Gasteiger partial charge on any atom is 0.273 e. The van der Waals surface area contributed by atoms with Crippen LogP contribution in [0, 0.1) is 18.8 Å². The SMILES string of the molecule is Cc1occc1C(=O)NNC(=O)[C@H](C)N1C(=O)C2CC=CCC2C1=O. The number of hydrogen-bond acceptors (Lipinski definition) is 5. The molecule has 1 aliphatic carbocycles. The number of likely N-dealkylation sites (tertiary alicyclic amines) is 1. The first kappa shape index (κ1) is 16.9. The summed E-state index contributed by atoms with van der Waals surface area (Å²) < 4.78 is 5.03. The highest BCUT2D eigenvalue weighted by molar-refractivity contribution is 6.08. The number of fused-ring (bicyclic) bond motifs is 1. The third kappa shape index (κ3) is 2.95. The van der Waals surface area contributed by atoms with Crippen LogP contribution in [0.25, 0.3) is 0 Å². The van der Waals surface area contributed by atoms with Crippen molar-refractivity contribution in [3.8, 4) is 0 Å². The van der Waals surface area contributed by atoms with Crippen LogP contribution in [0.4, 0.5) is 0 Å². The Kier molecular flexibility index (Phi) is 4.43. The van der Waals surface area contributed by atoms with Gasteiger partial charge in [-0.3, -0.25) is 34.9 Å². The van der Waals surface area contributed by atoms with Crippen molar-refractivity contribution in [3.63, 3.8) is 0 Å². The molecule has 8 nitrogen and oxygen atoms in total. The van der Waals surface area contributed by atoms with E-state index in [4.69, 9.17) is 4.42 Å². The molecule has 1 fully saturated rings. The van der Waals surface area contributed by atoms with Crippen LogP contribution in [0.15, 0.2) is 28.9 Å². The number of nitrogens with zero attached hydrogens (tertiary/aromatic N) is 1. The number of amides is 4. The molecule has 2 N–H and O–H groups in total. The quantitative estimate of drug-likeness (QED) is 0.476. The van der Waals surface area contributed by atoms with Gasteiger partial charge < -0.3 is 4.42 Å². The van der Waals surface area contributed by atoms with Crippen LogP contribution in [0.3, 0.4) is 0 Å². The number of furan rings is 1. The van der Waals surface area contributed by atoms with Crippen LogP contribution in [-0.4, -0.2) is 34.6 Å². The summed E-state index contributed by atoms with van der Waals surface area (Å²) in [6.45, 7) is 3.09. The standard InChI is InChI=1S/C17H19N3O5/c1-9(14(21)18-19-15(22)11-7-8-25-10(11)2)20-16(23)12-5-3-4-6-13(12)17(20)24/h3-4,7-9,12-13H,5-6H2,1-2H3,(H,18,21)(H,19,22)/t9-,12?,13?/m0/s1. The molecule has 1 aromatic rings. The Balaban J connectivity index is 1.63. The summed E-state index contributed by atoms with van der Waals surface area (Å²) in [5, 5.41) is 0. The van der Waals surface area contributed by atoms with Crippen molar-refractivity contribution in [2.24, 2.45) is 11.8 Å². The maximum absolute atomic E-state index is 12.5. The monoisotopic (exact) mass is 345 g/mol. The number of hydrogen-bond donors (Lipinski definition) is 2. The van der Waals surface area contributed by atoms with Crippen molar-refractivity contribution in [2.45, 2.75) is 32.7 Å². The summed E-state index contributed by atoms with van der Waals surface area (Å²) >= 11 is 0. The number of imide groups is 1. The second-order valence-electron chi connectivity index (χ2n) is 6.21. The van der Waals surface area contributed by atoms with Crippen molar-refractivity contribution in [1.29, 1.82) is 0 Å². The minimum absolute atomic E-state index is 0.290. The smallest absolute Gasteiger partial charge is 0.273 e. The van der Waals surface area contributed by atoms with E-state index in [1.54, 1.807) is 6.92 Å². The lowest BCUT2D eigenvalue weighted by Crippen LogP contribution is -2.53. The third-order valence-corrected chi connectivity index (χ3v) is 4.71. The summed E-state index contributed by atoms with van der Waals surface area (Å²) in [6.07, 6.45) is 6.15. The van der Waals surface area contributed by atoms with Gasteiger partial charge in [-0.15, -0.1) is 0 Å². The normalized spacial score (nSPS) is 23.4. The molecule has 2 heterocycles. The van der Waals surface area contributed by atoms with Gasteiger partial charge in [0.15, 0.2) is 0 Å². The second kappa shape index (κ2) is 6.54. The first-order valence-electron chi connectivity index (χ1n) is 8.08. The van der Waals surface area contributed by atoms with Gasteiger partial charge in [0, 0.05) is 0 Å². The highest BCUT2D eigenvalue weighted by Crippen LogP contribution is 2.35. The predicted molar refractivity (Wildman–Crippen MR) is 85.7 cm³/mol. The number of allylic oxidation sites excluding steroid dienone is 2. The van der Waals surface area contributed by atoms with Crippen LogP contribution in [0.5, 0.6) is 0 Å². The van der Waals surface area contributed by atoms with Crippen LogP contribution in [0.2, 0.25) is 0 Å². The lowest BCUT2D eigenvalue weighted by molar-refractivity contribution is -0.147. The minimum atomic E-state index is -1.00. The van der Waals surface area contributed by atoms with Crippen molar-refractivity contribution in [3.05, 3.63) is 35.8 Å². The molecule has 0 spiro atoms. The average Bonchev–Trinajstić information content (AvgIpc) is 3.14. The molecule has 132 valence electrons. The van der Waals surface area contributed by atoms with E-state index in [2.05, 4.69) is 10.9 Å². The van der Waals surface area contributed by atoms with E-state index in [1.807, 2.05) is 12.2 Å². The predicted octanol–water partition coefficient (Wildman–Crippen LogP) is 0.689. The van der Waals surface area contributed by atoms with Gasteiger partial charge >= 0.3 is 0 Å². The zero-order chi connectivity index (χ0) is 18.1. The van der Waals surface area contributed by atoms with Gasteiger partial charge in [0.2, 0.25) is 11.8 Å². The molecule has 0 bridgehead atoms. The van der Waals surface area contributed by atoms with Gasteiger partial charge in [0.1, 0.15) is 11.8 Å². The van der Waals surface area contributed by atoms with Crippen LogP contribution < -0.4 is 10.9 Å². The van der Waals surface area contributed by atoms with Crippen LogP contribution in [0.1, 0.15) is 35.9 Å². The van der Waals surface area contributed by atoms with E-state index in [0.29, 0.717) is 24.2 Å². The molecular formula is C17H19N3O5. The molecular weight excluding hydrogens is 326 g/mol. The molecule has 0 saturated carbocycles. The largest absolute Gasteiger partial charge is 0.469 e.